The molecular formula is C17H22N4O3S. The number of rotatable bonds is 5. The molecule has 0 atom stereocenters. The summed E-state index contributed by atoms with van der Waals surface area (Å²) < 4.78 is 5.45. The summed E-state index contributed by atoms with van der Waals surface area (Å²) in [5.41, 5.74) is 0. The minimum absolute atomic E-state index is 0.0358. The Labute approximate surface area is 150 Å². The third-order valence-corrected chi connectivity index (χ3v) is 5.48. The number of piperidine rings is 1. The number of thiophene rings is 1. The van der Waals surface area contributed by atoms with E-state index in [1.54, 1.807) is 18.3 Å². The maximum atomic E-state index is 11.4. The van der Waals surface area contributed by atoms with E-state index in [0.717, 1.165) is 35.7 Å². The van der Waals surface area contributed by atoms with Crippen LogP contribution in [0.25, 0.3) is 10.7 Å². The number of nitrogens with one attached hydrogen (secondary N) is 1. The van der Waals surface area contributed by atoms with Crippen molar-refractivity contribution in [3.8, 4) is 10.7 Å². The second kappa shape index (κ2) is 7.77. The monoisotopic (exact) mass is 362 g/mol. The molecule has 0 saturated carbocycles. The lowest BCUT2D eigenvalue weighted by molar-refractivity contribution is -0.130. The van der Waals surface area contributed by atoms with E-state index in [1.807, 2.05) is 24.0 Å². The van der Waals surface area contributed by atoms with Crippen LogP contribution in [0.3, 0.4) is 0 Å². The quantitative estimate of drug-likeness (QED) is 0.883. The van der Waals surface area contributed by atoms with Crippen LogP contribution in [0.2, 0.25) is 0 Å². The van der Waals surface area contributed by atoms with Crippen molar-refractivity contribution in [1.82, 2.24) is 20.4 Å². The summed E-state index contributed by atoms with van der Waals surface area (Å²) in [4.78, 5) is 31.1. The van der Waals surface area contributed by atoms with Crippen LogP contribution in [0.1, 0.15) is 49.8 Å². The third-order valence-electron chi connectivity index (χ3n) is 4.39. The summed E-state index contributed by atoms with van der Waals surface area (Å²) in [7, 11) is 0. The van der Waals surface area contributed by atoms with Crippen molar-refractivity contribution < 1.29 is 14.1 Å². The van der Waals surface area contributed by atoms with Crippen molar-refractivity contribution in [3.63, 3.8) is 0 Å². The average Bonchev–Trinajstić information content (AvgIpc) is 3.29. The molecule has 0 bridgehead atoms. The Balaban J connectivity index is 1.61. The van der Waals surface area contributed by atoms with Crippen LogP contribution in [0, 0.1) is 0 Å². The number of amides is 2. The van der Waals surface area contributed by atoms with Gasteiger partial charge in [-0.3, -0.25) is 9.59 Å². The molecule has 0 radical (unpaired) electrons. The van der Waals surface area contributed by atoms with E-state index in [2.05, 4.69) is 15.5 Å². The molecule has 2 aromatic rings. The number of aromatic nitrogens is 2. The lowest BCUT2D eigenvalue weighted by Gasteiger charge is -2.29. The highest BCUT2D eigenvalue weighted by Crippen LogP contribution is 2.30. The molecule has 0 aliphatic carbocycles. The lowest BCUT2D eigenvalue weighted by atomic mass is 9.97. The highest BCUT2D eigenvalue weighted by atomic mass is 32.1. The summed E-state index contributed by atoms with van der Waals surface area (Å²) in [6.07, 6.45) is 2.18. The molecule has 3 heterocycles. The van der Waals surface area contributed by atoms with Crippen molar-refractivity contribution in [3.05, 3.63) is 22.9 Å². The summed E-state index contributed by atoms with van der Waals surface area (Å²) in [6.45, 7) is 5.42. The zero-order valence-corrected chi connectivity index (χ0v) is 15.3. The van der Waals surface area contributed by atoms with Crippen LogP contribution in [-0.2, 0) is 16.1 Å². The van der Waals surface area contributed by atoms with Crippen molar-refractivity contribution in [2.45, 2.75) is 45.6 Å². The zero-order chi connectivity index (χ0) is 17.8. The average molecular weight is 362 g/mol. The second-order valence-electron chi connectivity index (χ2n) is 6.13. The van der Waals surface area contributed by atoms with Crippen LogP contribution in [0.15, 0.2) is 16.7 Å². The van der Waals surface area contributed by atoms with Gasteiger partial charge >= 0.3 is 0 Å². The Bertz CT molecular complexity index is 747. The number of hydrogen-bond acceptors (Lipinski definition) is 6. The highest BCUT2D eigenvalue weighted by Gasteiger charge is 2.26. The maximum absolute atomic E-state index is 11.4. The topological polar surface area (TPSA) is 88.3 Å². The highest BCUT2D eigenvalue weighted by molar-refractivity contribution is 7.15. The van der Waals surface area contributed by atoms with Gasteiger partial charge in [0.1, 0.15) is 0 Å². The van der Waals surface area contributed by atoms with E-state index in [-0.39, 0.29) is 17.7 Å². The Hall–Kier alpha value is -2.22. The van der Waals surface area contributed by atoms with E-state index in [4.69, 9.17) is 4.52 Å². The summed E-state index contributed by atoms with van der Waals surface area (Å²) in [5, 5.41) is 6.96. The fraction of sp³-hybridized carbons (Fsp3) is 0.529. The molecule has 1 fully saturated rings. The van der Waals surface area contributed by atoms with Gasteiger partial charge in [0.25, 0.3) is 0 Å². The molecule has 1 N–H and O–H groups in total. The van der Waals surface area contributed by atoms with Crippen LogP contribution in [-0.4, -0.2) is 39.9 Å². The van der Waals surface area contributed by atoms with Gasteiger partial charge in [0.15, 0.2) is 0 Å². The number of hydrogen-bond donors (Lipinski definition) is 1. The summed E-state index contributed by atoms with van der Waals surface area (Å²) >= 11 is 1.55. The number of nitrogens with zero attached hydrogens (tertiary/aromatic N) is 3. The smallest absolute Gasteiger partial charge is 0.230 e. The lowest BCUT2D eigenvalue weighted by Crippen LogP contribution is -2.36. The molecule has 25 heavy (non-hydrogen) atoms. The van der Waals surface area contributed by atoms with Crippen molar-refractivity contribution in [1.29, 1.82) is 0 Å². The Morgan fingerprint density at radius 1 is 1.36 bits per heavy atom. The van der Waals surface area contributed by atoms with E-state index in [1.165, 1.54) is 0 Å². The number of carbonyl (C=O) groups is 2. The Kier molecular flexibility index (Phi) is 5.47. The molecule has 8 heteroatoms. The normalized spacial score (nSPS) is 15.4. The van der Waals surface area contributed by atoms with E-state index < -0.39 is 0 Å². The van der Waals surface area contributed by atoms with Crippen LogP contribution < -0.4 is 5.32 Å². The van der Waals surface area contributed by atoms with Gasteiger partial charge in [-0.05, 0) is 25.0 Å². The number of likely N-dealkylation sites (tertiary alicyclic amines) is 1. The predicted octanol–water partition coefficient (Wildman–Crippen LogP) is 2.55. The molecule has 2 amide bonds. The van der Waals surface area contributed by atoms with Gasteiger partial charge in [0, 0.05) is 37.2 Å². The first-order valence-corrected chi connectivity index (χ1v) is 9.33. The van der Waals surface area contributed by atoms with Crippen molar-refractivity contribution in [2.24, 2.45) is 0 Å². The van der Waals surface area contributed by atoms with Crippen LogP contribution in [0.5, 0.6) is 0 Å². The van der Waals surface area contributed by atoms with Gasteiger partial charge < -0.3 is 14.7 Å². The van der Waals surface area contributed by atoms with Gasteiger partial charge in [-0.1, -0.05) is 12.1 Å². The van der Waals surface area contributed by atoms with E-state index >= 15 is 0 Å². The first kappa shape index (κ1) is 17.6. The van der Waals surface area contributed by atoms with Crippen molar-refractivity contribution >= 4 is 23.2 Å². The molecule has 3 rings (SSSR count). The SMILES string of the molecule is CCC(=O)NCc1ccc(-c2noc(C3CCN(C(C)=O)CC3)n2)s1. The molecule has 134 valence electrons. The van der Waals surface area contributed by atoms with Crippen LogP contribution in [0.4, 0.5) is 0 Å². The predicted molar refractivity (Wildman–Crippen MR) is 94.0 cm³/mol. The largest absolute Gasteiger partial charge is 0.351 e. The van der Waals surface area contributed by atoms with Crippen LogP contribution >= 0.6 is 11.3 Å². The summed E-state index contributed by atoms with van der Waals surface area (Å²) in [5.74, 6) is 1.59. The van der Waals surface area contributed by atoms with Gasteiger partial charge in [0.2, 0.25) is 23.5 Å². The molecule has 1 saturated heterocycles. The first-order valence-electron chi connectivity index (χ1n) is 8.51. The molecular weight excluding hydrogens is 340 g/mol. The van der Waals surface area contributed by atoms with Gasteiger partial charge in [-0.2, -0.15) is 4.98 Å². The molecule has 0 spiro atoms. The van der Waals surface area contributed by atoms with Gasteiger partial charge in [-0.15, -0.1) is 11.3 Å². The van der Waals surface area contributed by atoms with E-state index in [0.29, 0.717) is 24.7 Å². The standard InChI is InChI=1S/C17H22N4O3S/c1-3-15(23)18-10-13-4-5-14(25-13)16-19-17(24-20-16)12-6-8-21(9-7-12)11(2)22/h4-5,12H,3,6-10H2,1-2H3,(H,18,23). The molecule has 0 aromatic carbocycles. The minimum Gasteiger partial charge on any atom is -0.351 e. The molecule has 2 aromatic heterocycles. The molecule has 7 nitrogen and oxygen atoms in total. The second-order valence-corrected chi connectivity index (χ2v) is 7.30. The Morgan fingerprint density at radius 3 is 2.80 bits per heavy atom. The molecule has 0 unspecified atom stereocenters. The van der Waals surface area contributed by atoms with Gasteiger partial charge in [-0.25, -0.2) is 0 Å². The third kappa shape index (κ3) is 4.25. The minimum atomic E-state index is 0.0358. The molecule has 1 aliphatic heterocycles. The summed E-state index contributed by atoms with van der Waals surface area (Å²) in [6, 6.07) is 3.92. The fourth-order valence-corrected chi connectivity index (χ4v) is 3.72. The molecule has 1 aliphatic rings. The number of carbonyl (C=O) groups excluding carboxylic acids is 2. The Morgan fingerprint density at radius 2 is 2.12 bits per heavy atom. The fourth-order valence-electron chi connectivity index (χ4n) is 2.85. The maximum Gasteiger partial charge on any atom is 0.230 e. The first-order chi connectivity index (χ1) is 12.1. The van der Waals surface area contributed by atoms with Gasteiger partial charge in [0.05, 0.1) is 11.4 Å². The van der Waals surface area contributed by atoms with E-state index in [9.17, 15) is 9.59 Å². The van der Waals surface area contributed by atoms with Crippen molar-refractivity contribution in [2.75, 3.05) is 13.1 Å². The zero-order valence-electron chi connectivity index (χ0n) is 14.4.